The number of ether oxygens (including phenoxy) is 1. The van der Waals surface area contributed by atoms with Crippen molar-refractivity contribution in [1.82, 2.24) is 0 Å². The zero-order valence-electron chi connectivity index (χ0n) is 13.2. The van der Waals surface area contributed by atoms with Gasteiger partial charge in [-0.15, -0.1) is 0 Å². The maximum atomic E-state index is 5.72. The van der Waals surface area contributed by atoms with Crippen molar-refractivity contribution in [3.05, 3.63) is 59.2 Å². The van der Waals surface area contributed by atoms with Gasteiger partial charge in [0.25, 0.3) is 0 Å². The van der Waals surface area contributed by atoms with Crippen LogP contribution in [0, 0.1) is 5.92 Å². The fourth-order valence-corrected chi connectivity index (χ4v) is 4.08. The highest BCUT2D eigenvalue weighted by Crippen LogP contribution is 2.35. The van der Waals surface area contributed by atoms with Gasteiger partial charge in [0, 0.05) is 0 Å². The first kappa shape index (κ1) is 14.0. The Morgan fingerprint density at radius 3 is 2.55 bits per heavy atom. The van der Waals surface area contributed by atoms with Crippen LogP contribution in [-0.2, 0) is 24.4 Å². The van der Waals surface area contributed by atoms with Gasteiger partial charge in [0.05, 0.1) is 13.2 Å². The van der Waals surface area contributed by atoms with Gasteiger partial charge >= 0.3 is 0 Å². The SMILES string of the molecule is c1ccc(-c2cc(CC3CCCCC3)cc3c2COC3)cc1. The fourth-order valence-electron chi connectivity index (χ4n) is 4.08. The van der Waals surface area contributed by atoms with Crippen LogP contribution in [0.3, 0.4) is 0 Å². The number of rotatable bonds is 3. The normalized spacial score (nSPS) is 18.4. The van der Waals surface area contributed by atoms with Crippen LogP contribution in [-0.4, -0.2) is 0 Å². The van der Waals surface area contributed by atoms with Crippen LogP contribution in [0.1, 0.15) is 48.8 Å². The molecule has 0 saturated heterocycles. The molecule has 0 amide bonds. The Hall–Kier alpha value is -1.60. The molecule has 2 aromatic carbocycles. The molecule has 0 aromatic heterocycles. The van der Waals surface area contributed by atoms with Crippen LogP contribution in [0.5, 0.6) is 0 Å². The molecule has 1 heterocycles. The van der Waals surface area contributed by atoms with Crippen LogP contribution in [0.25, 0.3) is 11.1 Å². The van der Waals surface area contributed by atoms with E-state index >= 15 is 0 Å². The van der Waals surface area contributed by atoms with Gasteiger partial charge in [-0.05, 0) is 40.2 Å². The van der Waals surface area contributed by atoms with E-state index in [4.69, 9.17) is 4.74 Å². The molecule has 1 nitrogen and oxygen atoms in total. The number of hydrogen-bond acceptors (Lipinski definition) is 1. The summed E-state index contributed by atoms with van der Waals surface area (Å²) in [5.74, 6) is 0.887. The van der Waals surface area contributed by atoms with Gasteiger partial charge < -0.3 is 4.74 Å². The summed E-state index contributed by atoms with van der Waals surface area (Å²) in [6, 6.07) is 15.6. The molecule has 0 N–H and O–H groups in total. The Balaban J connectivity index is 1.68. The third kappa shape index (κ3) is 2.83. The first-order valence-electron chi connectivity index (χ1n) is 8.68. The Morgan fingerprint density at radius 2 is 1.73 bits per heavy atom. The maximum Gasteiger partial charge on any atom is 0.0731 e. The largest absolute Gasteiger partial charge is 0.372 e. The van der Waals surface area contributed by atoms with E-state index < -0.39 is 0 Å². The topological polar surface area (TPSA) is 9.23 Å². The average molecular weight is 292 g/mol. The molecule has 1 heteroatoms. The van der Waals surface area contributed by atoms with Crippen LogP contribution in [0.15, 0.2) is 42.5 Å². The minimum Gasteiger partial charge on any atom is -0.372 e. The van der Waals surface area contributed by atoms with Crippen molar-refractivity contribution in [1.29, 1.82) is 0 Å². The fraction of sp³-hybridized carbons (Fsp3) is 0.429. The van der Waals surface area contributed by atoms with Gasteiger partial charge in [-0.2, -0.15) is 0 Å². The van der Waals surface area contributed by atoms with Gasteiger partial charge in [-0.1, -0.05) is 74.6 Å². The smallest absolute Gasteiger partial charge is 0.0731 e. The van der Waals surface area contributed by atoms with Gasteiger partial charge in [-0.3, -0.25) is 0 Å². The molecule has 0 spiro atoms. The molecular weight excluding hydrogens is 268 g/mol. The molecule has 0 bridgehead atoms. The van der Waals surface area contributed by atoms with E-state index in [1.165, 1.54) is 66.3 Å². The van der Waals surface area contributed by atoms with E-state index in [1.54, 1.807) is 0 Å². The third-order valence-electron chi connectivity index (χ3n) is 5.24. The van der Waals surface area contributed by atoms with Crippen LogP contribution in [0.4, 0.5) is 0 Å². The lowest BCUT2D eigenvalue weighted by Gasteiger charge is -2.22. The van der Waals surface area contributed by atoms with Crippen molar-refractivity contribution in [2.45, 2.75) is 51.7 Å². The minimum atomic E-state index is 0.767. The quantitative estimate of drug-likeness (QED) is 0.725. The molecule has 22 heavy (non-hydrogen) atoms. The van der Waals surface area contributed by atoms with E-state index in [0.717, 1.165) is 19.1 Å². The zero-order valence-corrected chi connectivity index (χ0v) is 13.2. The monoisotopic (exact) mass is 292 g/mol. The van der Waals surface area contributed by atoms with E-state index in [1.807, 2.05) is 0 Å². The summed E-state index contributed by atoms with van der Waals surface area (Å²) >= 11 is 0. The maximum absolute atomic E-state index is 5.72. The molecule has 0 unspecified atom stereocenters. The summed E-state index contributed by atoms with van der Waals surface area (Å²) in [5, 5.41) is 0. The third-order valence-corrected chi connectivity index (χ3v) is 5.24. The highest BCUT2D eigenvalue weighted by molar-refractivity contribution is 5.70. The number of hydrogen-bond donors (Lipinski definition) is 0. The van der Waals surface area contributed by atoms with Crippen molar-refractivity contribution in [3.8, 4) is 11.1 Å². The lowest BCUT2D eigenvalue weighted by molar-refractivity contribution is 0.134. The van der Waals surface area contributed by atoms with Gasteiger partial charge in [0.1, 0.15) is 0 Å². The predicted octanol–water partition coefficient (Wildman–Crippen LogP) is 5.51. The van der Waals surface area contributed by atoms with Crippen molar-refractivity contribution in [2.24, 2.45) is 5.92 Å². The highest BCUT2D eigenvalue weighted by Gasteiger charge is 2.20. The number of fused-ring (bicyclic) bond motifs is 1. The summed E-state index contributed by atoms with van der Waals surface area (Å²) < 4.78 is 5.72. The van der Waals surface area contributed by atoms with Crippen LogP contribution in [0.2, 0.25) is 0 Å². The van der Waals surface area contributed by atoms with Crippen molar-refractivity contribution in [3.63, 3.8) is 0 Å². The molecule has 1 fully saturated rings. The molecule has 4 rings (SSSR count). The lowest BCUT2D eigenvalue weighted by atomic mass is 9.83. The van der Waals surface area contributed by atoms with Crippen LogP contribution >= 0.6 is 0 Å². The second-order valence-corrected chi connectivity index (χ2v) is 6.85. The summed E-state index contributed by atoms with van der Waals surface area (Å²) in [5.41, 5.74) is 7.04. The minimum absolute atomic E-state index is 0.767. The molecule has 0 radical (unpaired) electrons. The first-order chi connectivity index (χ1) is 10.9. The molecule has 1 aliphatic carbocycles. The second-order valence-electron chi connectivity index (χ2n) is 6.85. The summed E-state index contributed by atoms with van der Waals surface area (Å²) in [7, 11) is 0. The van der Waals surface area contributed by atoms with E-state index in [2.05, 4.69) is 42.5 Å². The molecular formula is C21H24O. The Morgan fingerprint density at radius 1 is 0.909 bits per heavy atom. The Bertz CT molecular complexity index is 638. The van der Waals surface area contributed by atoms with Gasteiger partial charge in [-0.25, -0.2) is 0 Å². The van der Waals surface area contributed by atoms with E-state index in [9.17, 15) is 0 Å². The molecule has 1 saturated carbocycles. The molecule has 1 aliphatic heterocycles. The summed E-state index contributed by atoms with van der Waals surface area (Å²) in [6.45, 7) is 1.55. The zero-order chi connectivity index (χ0) is 14.8. The van der Waals surface area contributed by atoms with E-state index in [-0.39, 0.29) is 0 Å². The van der Waals surface area contributed by atoms with E-state index in [0.29, 0.717) is 0 Å². The van der Waals surface area contributed by atoms with Crippen molar-refractivity contribution >= 4 is 0 Å². The lowest BCUT2D eigenvalue weighted by Crippen LogP contribution is -2.09. The molecule has 2 aliphatic rings. The Labute approximate surface area is 133 Å². The molecule has 2 aromatic rings. The predicted molar refractivity (Wildman–Crippen MR) is 90.7 cm³/mol. The molecule has 114 valence electrons. The summed E-state index contributed by atoms with van der Waals surface area (Å²) in [6.07, 6.45) is 8.34. The first-order valence-corrected chi connectivity index (χ1v) is 8.68. The standard InChI is InChI=1S/C21H24O/c1-3-7-16(8-4-1)11-17-12-19-14-22-15-21(19)20(13-17)18-9-5-2-6-10-18/h2,5-6,9-10,12-13,16H,1,3-4,7-8,11,14-15H2. The van der Waals surface area contributed by atoms with Gasteiger partial charge in [0.15, 0.2) is 0 Å². The number of benzene rings is 2. The van der Waals surface area contributed by atoms with Crippen molar-refractivity contribution in [2.75, 3.05) is 0 Å². The highest BCUT2D eigenvalue weighted by atomic mass is 16.5. The van der Waals surface area contributed by atoms with Gasteiger partial charge in [0.2, 0.25) is 0 Å². The van der Waals surface area contributed by atoms with Crippen molar-refractivity contribution < 1.29 is 4.74 Å². The van der Waals surface area contributed by atoms with Crippen LogP contribution < -0.4 is 0 Å². The second kappa shape index (κ2) is 6.26. The average Bonchev–Trinajstić information content (AvgIpc) is 3.04. The summed E-state index contributed by atoms with van der Waals surface area (Å²) in [4.78, 5) is 0. The Kier molecular flexibility index (Phi) is 3.99. The molecule has 0 atom stereocenters.